The van der Waals surface area contributed by atoms with Gasteiger partial charge in [-0.1, -0.05) is 54.6 Å². The van der Waals surface area contributed by atoms with E-state index < -0.39 is 0 Å². The number of ether oxygens (including phenoxy) is 1. The van der Waals surface area contributed by atoms with E-state index in [1.165, 1.54) is 27.5 Å². The van der Waals surface area contributed by atoms with Crippen molar-refractivity contribution in [1.82, 2.24) is 4.90 Å². The topological polar surface area (TPSA) is 38.5 Å². The molecule has 1 aliphatic rings. The Balaban J connectivity index is 1.72. The molecule has 4 rings (SSSR count). The lowest BCUT2D eigenvalue weighted by Gasteiger charge is -2.24. The van der Waals surface area contributed by atoms with Crippen LogP contribution in [0.15, 0.2) is 60.7 Å². The Labute approximate surface area is 142 Å². The maximum absolute atomic E-state index is 6.13. The fourth-order valence-corrected chi connectivity index (χ4v) is 3.85. The predicted octanol–water partition coefficient (Wildman–Crippen LogP) is 3.86. The van der Waals surface area contributed by atoms with Gasteiger partial charge in [0, 0.05) is 31.2 Å². The Hall–Kier alpha value is -2.36. The van der Waals surface area contributed by atoms with E-state index in [0.29, 0.717) is 6.54 Å². The van der Waals surface area contributed by atoms with E-state index in [9.17, 15) is 0 Å². The average Bonchev–Trinajstić information content (AvgIpc) is 2.99. The molecule has 2 N–H and O–H groups in total. The number of benzene rings is 3. The summed E-state index contributed by atoms with van der Waals surface area (Å²) in [6.07, 6.45) is 0. The van der Waals surface area contributed by atoms with E-state index in [0.717, 1.165) is 18.8 Å². The summed E-state index contributed by atoms with van der Waals surface area (Å²) < 4.78 is 5.51. The van der Waals surface area contributed by atoms with E-state index in [-0.39, 0.29) is 6.04 Å². The normalized spacial score (nSPS) is 17.2. The third-order valence-corrected chi connectivity index (χ3v) is 5.03. The van der Waals surface area contributed by atoms with Crippen LogP contribution in [0.2, 0.25) is 0 Å². The van der Waals surface area contributed by atoms with Crippen LogP contribution in [0.4, 0.5) is 0 Å². The molecule has 0 fully saturated rings. The van der Waals surface area contributed by atoms with Crippen molar-refractivity contribution in [2.24, 2.45) is 5.73 Å². The Morgan fingerprint density at radius 2 is 1.83 bits per heavy atom. The molecular formula is C21H22N2O. The van der Waals surface area contributed by atoms with Crippen LogP contribution < -0.4 is 10.5 Å². The number of hydrogen-bond donors (Lipinski definition) is 1. The molecule has 0 amide bonds. The minimum atomic E-state index is 0.259. The van der Waals surface area contributed by atoms with Crippen LogP contribution in [-0.4, -0.2) is 18.6 Å². The second-order valence-corrected chi connectivity index (χ2v) is 6.32. The van der Waals surface area contributed by atoms with Gasteiger partial charge in [-0.15, -0.1) is 0 Å². The Morgan fingerprint density at radius 1 is 1.04 bits per heavy atom. The molecule has 1 heterocycles. The van der Waals surface area contributed by atoms with Crippen LogP contribution in [0.3, 0.4) is 0 Å². The molecule has 0 radical (unpaired) electrons. The highest BCUT2D eigenvalue weighted by atomic mass is 16.5. The van der Waals surface area contributed by atoms with Gasteiger partial charge < -0.3 is 10.5 Å². The molecule has 0 saturated heterocycles. The van der Waals surface area contributed by atoms with Crippen molar-refractivity contribution in [2.75, 3.05) is 13.7 Å². The van der Waals surface area contributed by atoms with E-state index in [2.05, 4.69) is 53.4 Å². The van der Waals surface area contributed by atoms with Gasteiger partial charge in [0.2, 0.25) is 0 Å². The largest absolute Gasteiger partial charge is 0.496 e. The Morgan fingerprint density at radius 3 is 2.67 bits per heavy atom. The maximum Gasteiger partial charge on any atom is 0.123 e. The first kappa shape index (κ1) is 15.2. The predicted molar refractivity (Wildman–Crippen MR) is 98.0 cm³/mol. The van der Waals surface area contributed by atoms with Crippen molar-refractivity contribution in [3.8, 4) is 5.75 Å². The van der Waals surface area contributed by atoms with Gasteiger partial charge in [-0.05, 0) is 28.0 Å². The lowest BCUT2D eigenvalue weighted by Crippen LogP contribution is -2.27. The molecule has 3 aromatic carbocycles. The minimum absolute atomic E-state index is 0.259. The van der Waals surface area contributed by atoms with Crippen LogP contribution in [0.5, 0.6) is 5.75 Å². The summed E-state index contributed by atoms with van der Waals surface area (Å²) in [6, 6.07) is 21.5. The molecule has 0 saturated carbocycles. The molecule has 0 aliphatic carbocycles. The van der Waals surface area contributed by atoms with Crippen molar-refractivity contribution in [3.05, 3.63) is 77.4 Å². The zero-order valence-electron chi connectivity index (χ0n) is 13.9. The Kier molecular flexibility index (Phi) is 3.97. The molecule has 1 aliphatic heterocycles. The van der Waals surface area contributed by atoms with Gasteiger partial charge in [0.15, 0.2) is 0 Å². The number of nitrogens with zero attached hydrogens (tertiary/aromatic N) is 1. The second-order valence-electron chi connectivity index (χ2n) is 6.32. The number of methoxy groups -OCH3 is 1. The van der Waals surface area contributed by atoms with Crippen molar-refractivity contribution < 1.29 is 4.74 Å². The Bertz CT molecular complexity index is 875. The molecule has 1 unspecified atom stereocenters. The van der Waals surface area contributed by atoms with Crippen LogP contribution in [0.25, 0.3) is 10.8 Å². The van der Waals surface area contributed by atoms with Gasteiger partial charge in [-0.25, -0.2) is 0 Å². The van der Waals surface area contributed by atoms with Crippen molar-refractivity contribution in [3.63, 3.8) is 0 Å². The average molecular weight is 318 g/mol. The number of fused-ring (bicyclic) bond motifs is 3. The van der Waals surface area contributed by atoms with E-state index >= 15 is 0 Å². The van der Waals surface area contributed by atoms with Crippen LogP contribution >= 0.6 is 0 Å². The molecule has 0 aromatic heterocycles. The monoisotopic (exact) mass is 318 g/mol. The smallest absolute Gasteiger partial charge is 0.123 e. The van der Waals surface area contributed by atoms with Crippen molar-refractivity contribution in [2.45, 2.75) is 19.1 Å². The number of rotatable bonds is 4. The maximum atomic E-state index is 6.13. The van der Waals surface area contributed by atoms with Crippen LogP contribution in [0, 0.1) is 0 Å². The van der Waals surface area contributed by atoms with Gasteiger partial charge in [0.1, 0.15) is 5.75 Å². The van der Waals surface area contributed by atoms with Crippen molar-refractivity contribution in [1.29, 1.82) is 0 Å². The highest BCUT2D eigenvalue weighted by molar-refractivity contribution is 5.87. The van der Waals surface area contributed by atoms with Gasteiger partial charge in [-0.2, -0.15) is 0 Å². The summed E-state index contributed by atoms with van der Waals surface area (Å²) in [4.78, 5) is 2.45. The fraction of sp³-hybridized carbons (Fsp3) is 0.238. The lowest BCUT2D eigenvalue weighted by atomic mass is 9.98. The third kappa shape index (κ3) is 2.46. The molecule has 24 heavy (non-hydrogen) atoms. The molecule has 3 heteroatoms. The van der Waals surface area contributed by atoms with E-state index in [1.54, 1.807) is 7.11 Å². The summed E-state index contributed by atoms with van der Waals surface area (Å²) in [6.45, 7) is 2.39. The molecular weight excluding hydrogens is 296 g/mol. The first-order valence-electron chi connectivity index (χ1n) is 8.38. The zero-order chi connectivity index (χ0) is 16.5. The quantitative estimate of drug-likeness (QED) is 0.794. The van der Waals surface area contributed by atoms with Gasteiger partial charge >= 0.3 is 0 Å². The van der Waals surface area contributed by atoms with Crippen LogP contribution in [0.1, 0.15) is 22.7 Å². The summed E-state index contributed by atoms with van der Waals surface area (Å²) in [5, 5.41) is 2.64. The molecule has 122 valence electrons. The third-order valence-electron chi connectivity index (χ3n) is 5.03. The minimum Gasteiger partial charge on any atom is -0.496 e. The SMILES string of the molecule is COc1ccccc1CN1Cc2c(ccc3ccccc23)C1CN. The van der Waals surface area contributed by atoms with Gasteiger partial charge in [-0.3, -0.25) is 4.90 Å². The molecule has 0 bridgehead atoms. The first-order chi connectivity index (χ1) is 11.8. The fourth-order valence-electron chi connectivity index (χ4n) is 3.85. The molecule has 3 aromatic rings. The molecule has 1 atom stereocenters. The zero-order valence-corrected chi connectivity index (χ0v) is 13.9. The van der Waals surface area contributed by atoms with Crippen LogP contribution in [-0.2, 0) is 13.1 Å². The summed E-state index contributed by atoms with van der Waals surface area (Å²) in [5.74, 6) is 0.939. The second kappa shape index (κ2) is 6.27. The summed E-state index contributed by atoms with van der Waals surface area (Å²) in [7, 11) is 1.73. The van der Waals surface area contributed by atoms with E-state index in [1.807, 2.05) is 12.1 Å². The highest BCUT2D eigenvalue weighted by Crippen LogP contribution is 2.38. The van der Waals surface area contributed by atoms with Gasteiger partial charge in [0.25, 0.3) is 0 Å². The standard InChI is InChI=1S/C21H22N2O/c1-24-21-9-5-3-7-16(21)13-23-14-19-17-8-4-2-6-15(17)10-11-18(19)20(23)12-22/h2-11,20H,12-14,22H2,1H3. The number of hydrogen-bond acceptors (Lipinski definition) is 3. The van der Waals surface area contributed by atoms with Crippen molar-refractivity contribution >= 4 is 10.8 Å². The lowest BCUT2D eigenvalue weighted by molar-refractivity contribution is 0.208. The van der Waals surface area contributed by atoms with E-state index in [4.69, 9.17) is 10.5 Å². The molecule has 3 nitrogen and oxygen atoms in total. The summed E-state index contributed by atoms with van der Waals surface area (Å²) >= 11 is 0. The van der Waals surface area contributed by atoms with Gasteiger partial charge in [0.05, 0.1) is 7.11 Å². The molecule has 0 spiro atoms. The highest BCUT2D eigenvalue weighted by Gasteiger charge is 2.30. The summed E-state index contributed by atoms with van der Waals surface area (Å²) in [5.41, 5.74) is 10.1. The number of nitrogens with two attached hydrogens (primary N) is 1. The number of para-hydroxylation sites is 1. The first-order valence-corrected chi connectivity index (χ1v) is 8.38.